The summed E-state index contributed by atoms with van der Waals surface area (Å²) in [7, 11) is 0. The monoisotopic (exact) mass is 171 g/mol. The molecule has 0 aromatic carbocycles. The Bertz CT molecular complexity index is 233. The second kappa shape index (κ2) is 3.09. The van der Waals surface area contributed by atoms with E-state index in [-0.39, 0.29) is 11.1 Å². The molecule has 4 heteroatoms. The lowest BCUT2D eigenvalue weighted by atomic mass is 10.2. The van der Waals surface area contributed by atoms with Crippen LogP contribution in [0.25, 0.3) is 0 Å². The highest BCUT2D eigenvalue weighted by molar-refractivity contribution is 8.18. The lowest BCUT2D eigenvalue weighted by Crippen LogP contribution is -2.18. The van der Waals surface area contributed by atoms with Crippen molar-refractivity contribution in [2.75, 3.05) is 0 Å². The molecule has 1 saturated heterocycles. The Hall–Kier alpha value is -0.770. The van der Waals surface area contributed by atoms with Gasteiger partial charge < -0.3 is 0 Å². The van der Waals surface area contributed by atoms with E-state index in [2.05, 4.69) is 5.32 Å². The van der Waals surface area contributed by atoms with Gasteiger partial charge in [-0.05, 0) is 17.7 Å². The lowest BCUT2D eigenvalue weighted by molar-refractivity contribution is -0.115. The molecule has 0 spiro atoms. The molecule has 0 unspecified atom stereocenters. The summed E-state index contributed by atoms with van der Waals surface area (Å²) in [4.78, 5) is 22.1. The van der Waals surface area contributed by atoms with E-state index in [1.807, 2.05) is 13.8 Å². The van der Waals surface area contributed by atoms with Gasteiger partial charge in [0.05, 0.1) is 4.91 Å². The number of thioether (sulfide) groups is 1. The first-order chi connectivity index (χ1) is 5.09. The van der Waals surface area contributed by atoms with Crippen LogP contribution in [-0.2, 0) is 4.79 Å². The van der Waals surface area contributed by atoms with Crippen molar-refractivity contribution in [1.29, 1.82) is 0 Å². The predicted molar refractivity (Wildman–Crippen MR) is 44.1 cm³/mol. The highest BCUT2D eigenvalue weighted by Gasteiger charge is 2.24. The number of imide groups is 1. The molecule has 3 nitrogen and oxygen atoms in total. The van der Waals surface area contributed by atoms with E-state index in [4.69, 9.17) is 0 Å². The summed E-state index contributed by atoms with van der Waals surface area (Å²) in [5.41, 5.74) is 0. The minimum atomic E-state index is -0.276. The fourth-order valence-corrected chi connectivity index (χ4v) is 1.57. The van der Waals surface area contributed by atoms with E-state index in [1.54, 1.807) is 6.08 Å². The fourth-order valence-electron chi connectivity index (χ4n) is 0.738. The SMILES string of the molecule is CC(C)/C=C1\SC(=O)NC1=O. The Morgan fingerprint density at radius 3 is 2.45 bits per heavy atom. The van der Waals surface area contributed by atoms with Crippen molar-refractivity contribution in [1.82, 2.24) is 5.32 Å². The van der Waals surface area contributed by atoms with Crippen molar-refractivity contribution in [3.05, 3.63) is 11.0 Å². The van der Waals surface area contributed by atoms with Crippen LogP contribution in [0.2, 0.25) is 0 Å². The zero-order chi connectivity index (χ0) is 8.43. The van der Waals surface area contributed by atoms with Crippen LogP contribution in [0.3, 0.4) is 0 Å². The number of rotatable bonds is 1. The molecule has 0 radical (unpaired) electrons. The van der Waals surface area contributed by atoms with Crippen molar-refractivity contribution < 1.29 is 9.59 Å². The summed E-state index contributed by atoms with van der Waals surface area (Å²) in [5, 5.41) is 1.91. The summed E-state index contributed by atoms with van der Waals surface area (Å²) < 4.78 is 0. The number of hydrogen-bond donors (Lipinski definition) is 1. The van der Waals surface area contributed by atoms with E-state index in [0.29, 0.717) is 10.8 Å². The second-order valence-corrected chi connectivity index (χ2v) is 3.63. The highest BCUT2D eigenvalue weighted by Crippen LogP contribution is 2.24. The third-order valence-corrected chi connectivity index (χ3v) is 1.96. The predicted octanol–water partition coefficient (Wildman–Crippen LogP) is 1.51. The van der Waals surface area contributed by atoms with Crippen LogP contribution in [0, 0.1) is 5.92 Å². The molecule has 0 saturated carbocycles. The van der Waals surface area contributed by atoms with Crippen molar-refractivity contribution in [3.63, 3.8) is 0 Å². The molecule has 1 aliphatic heterocycles. The van der Waals surface area contributed by atoms with E-state index in [0.717, 1.165) is 11.8 Å². The molecule has 1 aliphatic rings. The maximum atomic E-state index is 10.9. The summed E-state index contributed by atoms with van der Waals surface area (Å²) in [6.45, 7) is 3.92. The average molecular weight is 171 g/mol. The Morgan fingerprint density at radius 1 is 1.45 bits per heavy atom. The van der Waals surface area contributed by atoms with Gasteiger partial charge in [-0.1, -0.05) is 19.9 Å². The van der Waals surface area contributed by atoms with Crippen LogP contribution in [0.1, 0.15) is 13.8 Å². The molecule has 11 heavy (non-hydrogen) atoms. The molecule has 0 aliphatic carbocycles. The van der Waals surface area contributed by atoms with Gasteiger partial charge >= 0.3 is 0 Å². The average Bonchev–Trinajstić information content (AvgIpc) is 2.09. The topological polar surface area (TPSA) is 46.2 Å². The molecule has 0 bridgehead atoms. The van der Waals surface area contributed by atoms with Gasteiger partial charge in [-0.15, -0.1) is 0 Å². The van der Waals surface area contributed by atoms with Crippen molar-refractivity contribution in [3.8, 4) is 0 Å². The third-order valence-electron chi connectivity index (χ3n) is 1.13. The van der Waals surface area contributed by atoms with E-state index < -0.39 is 0 Å². The largest absolute Gasteiger partial charge is 0.290 e. The summed E-state index contributed by atoms with van der Waals surface area (Å²) >= 11 is 0.964. The van der Waals surface area contributed by atoms with Gasteiger partial charge in [-0.2, -0.15) is 0 Å². The van der Waals surface area contributed by atoms with Crippen molar-refractivity contribution in [2.24, 2.45) is 5.92 Å². The van der Waals surface area contributed by atoms with E-state index >= 15 is 0 Å². The number of carbonyl (C=O) groups is 2. The van der Waals surface area contributed by atoms with E-state index in [9.17, 15) is 9.59 Å². The molecule has 0 aromatic rings. The number of allylic oxidation sites excluding steroid dienone is 1. The minimum absolute atomic E-state index is 0.270. The normalized spacial score (nSPS) is 21.5. The summed E-state index contributed by atoms with van der Waals surface area (Å²) in [6.07, 6.45) is 1.78. The molecule has 1 heterocycles. The summed E-state index contributed by atoms with van der Waals surface area (Å²) in [5.74, 6) is 0.0304. The van der Waals surface area contributed by atoms with Gasteiger partial charge in [0.15, 0.2) is 0 Å². The number of carbonyl (C=O) groups excluding carboxylic acids is 2. The lowest BCUT2D eigenvalue weighted by Gasteiger charge is -1.94. The van der Waals surface area contributed by atoms with Crippen molar-refractivity contribution in [2.45, 2.75) is 13.8 Å². The van der Waals surface area contributed by atoms with Gasteiger partial charge in [0.1, 0.15) is 0 Å². The fraction of sp³-hybridized carbons (Fsp3) is 0.429. The zero-order valence-corrected chi connectivity index (χ0v) is 7.20. The highest BCUT2D eigenvalue weighted by atomic mass is 32.2. The molecule has 1 N–H and O–H groups in total. The second-order valence-electron chi connectivity index (χ2n) is 2.62. The number of amides is 2. The molecular formula is C7H9NO2S. The van der Waals surface area contributed by atoms with Crippen LogP contribution >= 0.6 is 11.8 Å². The van der Waals surface area contributed by atoms with Crippen molar-refractivity contribution >= 4 is 22.9 Å². The summed E-state index contributed by atoms with van der Waals surface area (Å²) in [6, 6.07) is 0. The molecule has 2 amide bonds. The smallest absolute Gasteiger partial charge is 0.282 e. The quantitative estimate of drug-likeness (QED) is 0.608. The van der Waals surface area contributed by atoms with Gasteiger partial charge in [0.2, 0.25) is 0 Å². The third kappa shape index (κ3) is 2.08. The van der Waals surface area contributed by atoms with E-state index in [1.165, 1.54) is 0 Å². The molecule has 60 valence electrons. The number of hydrogen-bond acceptors (Lipinski definition) is 3. The van der Waals surface area contributed by atoms with Gasteiger partial charge in [-0.3, -0.25) is 14.9 Å². The Labute approximate surface area is 69.2 Å². The van der Waals surface area contributed by atoms with Crippen LogP contribution in [-0.4, -0.2) is 11.1 Å². The van der Waals surface area contributed by atoms with Crippen LogP contribution in [0.4, 0.5) is 4.79 Å². The maximum Gasteiger partial charge on any atom is 0.290 e. The van der Waals surface area contributed by atoms with Gasteiger partial charge in [-0.25, -0.2) is 0 Å². The Morgan fingerprint density at radius 2 is 2.09 bits per heavy atom. The van der Waals surface area contributed by atoms with Gasteiger partial charge in [0.25, 0.3) is 11.1 Å². The Kier molecular flexibility index (Phi) is 2.34. The maximum absolute atomic E-state index is 10.9. The molecule has 0 atom stereocenters. The molecule has 0 aromatic heterocycles. The zero-order valence-electron chi connectivity index (χ0n) is 6.38. The van der Waals surface area contributed by atoms with Crippen LogP contribution < -0.4 is 5.32 Å². The van der Waals surface area contributed by atoms with Gasteiger partial charge in [0, 0.05) is 0 Å². The molecule has 1 fully saturated rings. The first kappa shape index (κ1) is 8.33. The number of nitrogens with one attached hydrogen (secondary N) is 1. The Balaban J connectivity index is 2.75. The molecule has 1 rings (SSSR count). The minimum Gasteiger partial charge on any atom is -0.282 e. The van der Waals surface area contributed by atoms with Crippen LogP contribution in [0.5, 0.6) is 0 Å². The first-order valence-corrected chi connectivity index (χ1v) is 4.16. The van der Waals surface area contributed by atoms with Crippen LogP contribution in [0.15, 0.2) is 11.0 Å². The molecular weight excluding hydrogens is 162 g/mol. The standard InChI is InChI=1S/C7H9NO2S/c1-4(2)3-5-6(9)8-7(10)11-5/h3-4H,1-2H3,(H,8,9,10)/b5-3-. The first-order valence-electron chi connectivity index (χ1n) is 3.34.